The van der Waals surface area contributed by atoms with Gasteiger partial charge in [-0.2, -0.15) is 0 Å². The number of piperidine rings is 2. The maximum Gasteiger partial charge on any atom is 0.176 e. The van der Waals surface area contributed by atoms with Gasteiger partial charge in [-0.1, -0.05) is 107 Å². The van der Waals surface area contributed by atoms with E-state index in [2.05, 4.69) is 139 Å². The molecule has 2 aliphatic rings. The molecule has 6 heteroatoms. The van der Waals surface area contributed by atoms with Gasteiger partial charge in [0.25, 0.3) is 0 Å². The van der Waals surface area contributed by atoms with E-state index in [0.717, 1.165) is 49.5 Å². The fraction of sp³-hybridized carbons (Fsp3) is 0.667. The average molecular weight is 691 g/mol. The van der Waals surface area contributed by atoms with Gasteiger partial charge in [0.2, 0.25) is 0 Å². The van der Waals surface area contributed by atoms with Crippen LogP contribution in [-0.4, -0.2) is 59.3 Å². The van der Waals surface area contributed by atoms with Gasteiger partial charge in [-0.25, -0.2) is 0 Å². The number of hydrogen-bond donors (Lipinski definition) is 0. The Morgan fingerprint density at radius 1 is 0.500 bits per heavy atom. The van der Waals surface area contributed by atoms with Gasteiger partial charge in [-0.05, 0) is 119 Å². The third-order valence-corrected chi connectivity index (χ3v) is 11.1. The lowest BCUT2D eigenvalue weighted by Gasteiger charge is -2.42. The van der Waals surface area contributed by atoms with Gasteiger partial charge >= 0.3 is 0 Å². The molecular formula is C42H66N4S2. The number of rotatable bonds is 5. The van der Waals surface area contributed by atoms with Gasteiger partial charge in [-0.3, -0.25) is 0 Å². The smallest absolute Gasteiger partial charge is 0.176 e. The summed E-state index contributed by atoms with van der Waals surface area (Å²) in [5.41, 5.74) is 7.82. The van der Waals surface area contributed by atoms with Gasteiger partial charge in [0.1, 0.15) is 0 Å². The predicted octanol–water partition coefficient (Wildman–Crippen LogP) is 10.7. The van der Waals surface area contributed by atoms with Crippen molar-refractivity contribution in [2.24, 2.45) is 0 Å². The van der Waals surface area contributed by atoms with Gasteiger partial charge < -0.3 is 19.6 Å². The fourth-order valence-corrected chi connectivity index (χ4v) is 7.81. The largest absolute Gasteiger partial charge is 0.349 e. The van der Waals surface area contributed by atoms with Crippen LogP contribution in [0.1, 0.15) is 144 Å². The summed E-state index contributed by atoms with van der Waals surface area (Å²) in [4.78, 5) is 9.88. The quantitative estimate of drug-likeness (QED) is 0.288. The van der Waals surface area contributed by atoms with Crippen LogP contribution in [0, 0.1) is 0 Å². The Labute approximate surface area is 305 Å². The van der Waals surface area contributed by atoms with Crippen LogP contribution in [0.3, 0.4) is 0 Å². The molecule has 0 radical (unpaired) electrons. The first-order chi connectivity index (χ1) is 22.2. The zero-order chi connectivity index (χ0) is 35.7. The summed E-state index contributed by atoms with van der Waals surface area (Å²) < 4.78 is 0. The molecule has 0 bridgehead atoms. The second-order valence-electron chi connectivity index (χ2n) is 18.4. The molecule has 0 spiro atoms. The van der Waals surface area contributed by atoms with Crippen molar-refractivity contribution in [1.82, 2.24) is 9.80 Å². The molecule has 2 aromatic carbocycles. The zero-order valence-corrected chi connectivity index (χ0v) is 34.2. The van der Waals surface area contributed by atoms with E-state index in [1.54, 1.807) is 0 Å². The van der Waals surface area contributed by atoms with E-state index in [0.29, 0.717) is 0 Å². The van der Waals surface area contributed by atoms with Gasteiger partial charge in [-0.15, -0.1) is 0 Å². The Balaban J connectivity index is 1.89. The average Bonchev–Trinajstić information content (AvgIpc) is 3.01. The lowest BCUT2D eigenvalue weighted by Crippen LogP contribution is -2.52. The van der Waals surface area contributed by atoms with Crippen LogP contribution in [0.5, 0.6) is 0 Å². The van der Waals surface area contributed by atoms with Crippen molar-refractivity contribution < 1.29 is 0 Å². The zero-order valence-electron chi connectivity index (χ0n) is 32.6. The van der Waals surface area contributed by atoms with Crippen LogP contribution in [0.2, 0.25) is 0 Å². The third-order valence-electron chi connectivity index (χ3n) is 10.2. The molecular weight excluding hydrogens is 625 g/mol. The summed E-state index contributed by atoms with van der Waals surface area (Å²) in [6.07, 6.45) is 7.35. The Morgan fingerprint density at radius 3 is 1.08 bits per heavy atom. The highest BCUT2D eigenvalue weighted by atomic mass is 32.1. The molecule has 4 rings (SSSR count). The van der Waals surface area contributed by atoms with E-state index >= 15 is 0 Å². The lowest BCUT2D eigenvalue weighted by molar-refractivity contribution is 0.340. The van der Waals surface area contributed by atoms with Crippen molar-refractivity contribution in [3.05, 3.63) is 58.7 Å². The Kier molecular flexibility index (Phi) is 12.0. The third kappa shape index (κ3) is 9.33. The summed E-state index contributed by atoms with van der Waals surface area (Å²) in [5.74, 6) is 0. The maximum absolute atomic E-state index is 6.50. The number of hydrogen-bond acceptors (Lipinski definition) is 2. The molecule has 4 nitrogen and oxygen atoms in total. The topological polar surface area (TPSA) is 13.0 Å². The Bertz CT molecular complexity index is 1310. The van der Waals surface area contributed by atoms with Crippen molar-refractivity contribution in [3.63, 3.8) is 0 Å². The van der Waals surface area contributed by atoms with Crippen LogP contribution in [0.15, 0.2) is 36.4 Å². The van der Waals surface area contributed by atoms with Crippen LogP contribution < -0.4 is 9.80 Å². The number of benzene rings is 2. The molecule has 0 aliphatic carbocycles. The minimum atomic E-state index is -0.0370. The van der Waals surface area contributed by atoms with E-state index in [1.165, 1.54) is 72.2 Å². The number of likely N-dealkylation sites (tertiary alicyclic amines) is 2. The molecule has 0 unspecified atom stereocenters. The molecule has 0 N–H and O–H groups in total. The van der Waals surface area contributed by atoms with Crippen molar-refractivity contribution in [1.29, 1.82) is 0 Å². The first kappa shape index (κ1) is 38.6. The maximum atomic E-state index is 6.50. The van der Waals surface area contributed by atoms with Crippen LogP contribution in [-0.2, 0) is 21.7 Å². The minimum Gasteiger partial charge on any atom is -0.349 e. The fourth-order valence-electron chi connectivity index (χ4n) is 7.06. The SMILES string of the molecule is CC(C)(C)c1ccc(C(C)(C)C)c(N(CCN(C(=S)N2CCCCC2)c2cc(C(C)(C)C)ccc2C(C)(C)C)C(=S)N2CCCCC2)c1. The monoisotopic (exact) mass is 690 g/mol. The molecule has 2 fully saturated rings. The van der Waals surface area contributed by atoms with Gasteiger partial charge in [0.15, 0.2) is 10.2 Å². The Hall–Kier alpha value is -2.18. The Morgan fingerprint density at radius 2 is 0.812 bits per heavy atom. The summed E-state index contributed by atoms with van der Waals surface area (Å²) in [6.45, 7) is 33.4. The number of anilines is 2. The number of nitrogens with zero attached hydrogens (tertiary/aromatic N) is 4. The second kappa shape index (κ2) is 15.0. The van der Waals surface area contributed by atoms with Gasteiger partial charge in [0, 0.05) is 50.6 Å². The van der Waals surface area contributed by atoms with Crippen molar-refractivity contribution in [3.8, 4) is 0 Å². The van der Waals surface area contributed by atoms with Crippen LogP contribution >= 0.6 is 24.4 Å². The van der Waals surface area contributed by atoms with Crippen molar-refractivity contribution >= 4 is 46.0 Å². The molecule has 0 atom stereocenters. The van der Waals surface area contributed by atoms with E-state index in [-0.39, 0.29) is 21.7 Å². The highest BCUT2D eigenvalue weighted by Crippen LogP contribution is 2.39. The predicted molar refractivity (Wildman–Crippen MR) is 218 cm³/mol. The molecule has 48 heavy (non-hydrogen) atoms. The highest BCUT2D eigenvalue weighted by molar-refractivity contribution is 7.80. The molecule has 266 valence electrons. The van der Waals surface area contributed by atoms with E-state index in [9.17, 15) is 0 Å². The minimum absolute atomic E-state index is 0.0282. The van der Waals surface area contributed by atoms with E-state index in [4.69, 9.17) is 24.4 Å². The highest BCUT2D eigenvalue weighted by Gasteiger charge is 2.32. The van der Waals surface area contributed by atoms with Gasteiger partial charge in [0.05, 0.1) is 0 Å². The summed E-state index contributed by atoms with van der Waals surface area (Å²) in [5, 5.41) is 1.91. The molecule has 2 saturated heterocycles. The van der Waals surface area contributed by atoms with Crippen molar-refractivity contribution in [2.45, 2.75) is 143 Å². The molecule has 0 amide bonds. The molecule has 2 heterocycles. The summed E-state index contributed by atoms with van der Waals surface area (Å²) >= 11 is 13.0. The molecule has 2 aromatic rings. The normalized spacial score (nSPS) is 16.6. The standard InChI is InChI=1S/C42H66N4S2/c1-39(2,3)31-19-21-33(41(7,8)9)35(29-31)45(37(47)43-23-15-13-16-24-43)27-28-46(38(48)44-25-17-14-18-26-44)36-30-32(40(4,5)6)20-22-34(36)42(10,11)12/h19-22,29-30H,13-18,23-28H2,1-12H3. The van der Waals surface area contributed by atoms with Crippen LogP contribution in [0.25, 0.3) is 0 Å². The molecule has 0 aromatic heterocycles. The van der Waals surface area contributed by atoms with Crippen molar-refractivity contribution in [2.75, 3.05) is 49.1 Å². The first-order valence-corrected chi connectivity index (χ1v) is 19.4. The van der Waals surface area contributed by atoms with E-state index in [1.807, 2.05) is 0 Å². The van der Waals surface area contributed by atoms with Crippen LogP contribution in [0.4, 0.5) is 11.4 Å². The first-order valence-electron chi connectivity index (χ1n) is 18.6. The van der Waals surface area contributed by atoms with E-state index < -0.39 is 0 Å². The lowest BCUT2D eigenvalue weighted by atomic mass is 9.80. The summed E-state index contributed by atoms with van der Waals surface area (Å²) in [7, 11) is 0. The molecule has 2 aliphatic heterocycles. The number of thiocarbonyl (C=S) groups is 2. The second-order valence-corrected chi connectivity index (χ2v) is 19.2. The summed E-state index contributed by atoms with van der Waals surface area (Å²) in [6, 6.07) is 14.3. The molecule has 0 saturated carbocycles.